The standard InChI is InChI=1S/C14H13F3N6O2S/c1-3-22(2)12(24)11-18-7-23(20-11)6-8-4-5-9(26-8)10-19-13(25-21-10)14(15,16)17/h4-5,7H,3,6H2,1-2H3. The van der Waals surface area contributed by atoms with E-state index in [9.17, 15) is 18.0 Å². The molecule has 1 amide bonds. The van der Waals surface area contributed by atoms with E-state index in [2.05, 4.69) is 24.7 Å². The molecular formula is C14H13F3N6O2S. The van der Waals surface area contributed by atoms with Gasteiger partial charge in [0.25, 0.3) is 5.91 Å². The van der Waals surface area contributed by atoms with Gasteiger partial charge in [-0.05, 0) is 19.1 Å². The zero-order valence-electron chi connectivity index (χ0n) is 13.7. The summed E-state index contributed by atoms with van der Waals surface area (Å²) >= 11 is 1.20. The van der Waals surface area contributed by atoms with Crippen LogP contribution in [0.5, 0.6) is 0 Å². The second-order valence-corrected chi connectivity index (χ2v) is 6.44. The number of carbonyl (C=O) groups is 1. The Morgan fingerprint density at radius 1 is 1.38 bits per heavy atom. The lowest BCUT2D eigenvalue weighted by atomic mass is 10.4. The highest BCUT2D eigenvalue weighted by Gasteiger charge is 2.38. The molecule has 12 heteroatoms. The summed E-state index contributed by atoms with van der Waals surface area (Å²) < 4.78 is 43.3. The Morgan fingerprint density at radius 2 is 2.15 bits per heavy atom. The molecule has 0 aliphatic rings. The number of carbonyl (C=O) groups excluding carboxylic acids is 1. The van der Waals surface area contributed by atoms with E-state index >= 15 is 0 Å². The van der Waals surface area contributed by atoms with Crippen molar-refractivity contribution >= 4 is 17.2 Å². The second-order valence-electron chi connectivity index (χ2n) is 5.27. The Bertz CT molecular complexity index is 916. The van der Waals surface area contributed by atoms with Crippen molar-refractivity contribution in [3.8, 4) is 10.7 Å². The maximum atomic E-state index is 12.5. The summed E-state index contributed by atoms with van der Waals surface area (Å²) in [6, 6.07) is 3.31. The molecule has 0 bridgehead atoms. The SMILES string of the molecule is CCN(C)C(=O)c1ncn(Cc2ccc(-c3noc(C(F)(F)F)n3)s2)n1. The van der Waals surface area contributed by atoms with E-state index in [1.807, 2.05) is 6.92 Å². The number of nitrogens with zero attached hydrogens (tertiary/aromatic N) is 6. The van der Waals surface area contributed by atoms with Crippen LogP contribution in [-0.4, -0.2) is 49.3 Å². The number of amides is 1. The summed E-state index contributed by atoms with van der Waals surface area (Å²) in [5.41, 5.74) is 0. The third-order valence-electron chi connectivity index (χ3n) is 3.42. The van der Waals surface area contributed by atoms with Crippen LogP contribution in [0.25, 0.3) is 10.7 Å². The average Bonchev–Trinajstić information content (AvgIpc) is 3.32. The summed E-state index contributed by atoms with van der Waals surface area (Å²) in [5, 5.41) is 7.46. The highest BCUT2D eigenvalue weighted by Crippen LogP contribution is 2.31. The van der Waals surface area contributed by atoms with Gasteiger partial charge in [-0.2, -0.15) is 18.2 Å². The lowest BCUT2D eigenvalue weighted by Gasteiger charge is -2.10. The van der Waals surface area contributed by atoms with Crippen LogP contribution >= 0.6 is 11.3 Å². The summed E-state index contributed by atoms with van der Waals surface area (Å²) in [6.07, 6.45) is -3.26. The molecule has 0 spiro atoms. The molecule has 8 nitrogen and oxygen atoms in total. The largest absolute Gasteiger partial charge is 0.471 e. The lowest BCUT2D eigenvalue weighted by molar-refractivity contribution is -0.159. The fourth-order valence-electron chi connectivity index (χ4n) is 1.96. The normalized spacial score (nSPS) is 11.7. The quantitative estimate of drug-likeness (QED) is 0.669. The molecule has 138 valence electrons. The van der Waals surface area contributed by atoms with Crippen molar-refractivity contribution in [2.45, 2.75) is 19.6 Å². The molecule has 3 rings (SSSR count). The smallest absolute Gasteiger partial charge is 0.339 e. The number of thiophene rings is 1. The van der Waals surface area contributed by atoms with Crippen LogP contribution in [0, 0.1) is 0 Å². The maximum absolute atomic E-state index is 12.5. The van der Waals surface area contributed by atoms with Crippen molar-refractivity contribution in [3.63, 3.8) is 0 Å². The highest BCUT2D eigenvalue weighted by atomic mass is 32.1. The minimum Gasteiger partial charge on any atom is -0.339 e. The summed E-state index contributed by atoms with van der Waals surface area (Å²) in [6.45, 7) is 2.68. The lowest BCUT2D eigenvalue weighted by Crippen LogP contribution is -2.27. The van der Waals surface area contributed by atoms with Crippen molar-refractivity contribution in [1.82, 2.24) is 29.8 Å². The van der Waals surface area contributed by atoms with E-state index in [1.165, 1.54) is 27.2 Å². The Hall–Kier alpha value is -2.76. The van der Waals surface area contributed by atoms with Gasteiger partial charge in [0.15, 0.2) is 0 Å². The number of rotatable bonds is 5. The van der Waals surface area contributed by atoms with E-state index in [0.29, 0.717) is 18.0 Å². The predicted molar refractivity (Wildman–Crippen MR) is 84.4 cm³/mol. The average molecular weight is 386 g/mol. The molecule has 0 N–H and O–H groups in total. The molecule has 0 fully saturated rings. The number of halogens is 3. The highest BCUT2D eigenvalue weighted by molar-refractivity contribution is 7.15. The maximum Gasteiger partial charge on any atom is 0.471 e. The summed E-state index contributed by atoms with van der Waals surface area (Å²) in [4.78, 5) is 22.0. The van der Waals surface area contributed by atoms with Gasteiger partial charge in [0.05, 0.1) is 11.4 Å². The van der Waals surface area contributed by atoms with Crippen LogP contribution in [0.2, 0.25) is 0 Å². The Balaban J connectivity index is 1.72. The molecule has 0 saturated carbocycles. The number of alkyl halides is 3. The first-order valence-electron chi connectivity index (χ1n) is 7.43. The topological polar surface area (TPSA) is 89.9 Å². The fourth-order valence-corrected chi connectivity index (χ4v) is 2.89. The molecule has 0 atom stereocenters. The zero-order valence-corrected chi connectivity index (χ0v) is 14.5. The van der Waals surface area contributed by atoms with Gasteiger partial charge in [-0.25, -0.2) is 9.67 Å². The first kappa shape index (κ1) is 18.0. The molecule has 26 heavy (non-hydrogen) atoms. The zero-order chi connectivity index (χ0) is 18.9. The van der Waals surface area contributed by atoms with Gasteiger partial charge in [0, 0.05) is 18.5 Å². The first-order valence-corrected chi connectivity index (χ1v) is 8.24. The van der Waals surface area contributed by atoms with Gasteiger partial charge in [-0.3, -0.25) is 4.79 Å². The van der Waals surface area contributed by atoms with E-state index in [0.717, 1.165) is 4.88 Å². The van der Waals surface area contributed by atoms with E-state index in [4.69, 9.17) is 0 Å². The van der Waals surface area contributed by atoms with Gasteiger partial charge in [-0.15, -0.1) is 16.4 Å². The molecule has 0 aliphatic heterocycles. The van der Waals surface area contributed by atoms with Crippen molar-refractivity contribution in [3.05, 3.63) is 35.1 Å². The van der Waals surface area contributed by atoms with Crippen LogP contribution in [0.15, 0.2) is 23.0 Å². The van der Waals surface area contributed by atoms with Crippen LogP contribution in [-0.2, 0) is 12.7 Å². The predicted octanol–water partition coefficient (Wildman–Crippen LogP) is 2.55. The number of hydrogen-bond donors (Lipinski definition) is 0. The second kappa shape index (κ2) is 6.86. The summed E-state index contributed by atoms with van der Waals surface area (Å²) in [5.74, 6) is -1.72. The fraction of sp³-hybridized carbons (Fsp3) is 0.357. The Morgan fingerprint density at radius 3 is 2.81 bits per heavy atom. The summed E-state index contributed by atoms with van der Waals surface area (Å²) in [7, 11) is 1.65. The molecule has 0 saturated heterocycles. The molecule has 0 radical (unpaired) electrons. The van der Waals surface area contributed by atoms with Crippen molar-refractivity contribution in [2.75, 3.05) is 13.6 Å². The van der Waals surface area contributed by atoms with Crippen LogP contribution in [0.4, 0.5) is 13.2 Å². The van der Waals surface area contributed by atoms with Crippen LogP contribution in [0.1, 0.15) is 28.3 Å². The van der Waals surface area contributed by atoms with E-state index in [1.54, 1.807) is 19.2 Å². The number of hydrogen-bond acceptors (Lipinski definition) is 7. The van der Waals surface area contributed by atoms with Gasteiger partial charge in [-0.1, -0.05) is 5.16 Å². The van der Waals surface area contributed by atoms with Crippen LogP contribution in [0.3, 0.4) is 0 Å². The Kier molecular flexibility index (Phi) is 4.76. The molecule has 3 aromatic heterocycles. The molecular weight excluding hydrogens is 373 g/mol. The Labute approximate surface area is 149 Å². The third-order valence-corrected chi connectivity index (χ3v) is 4.48. The minimum absolute atomic E-state index is 0.0825. The molecule has 0 aliphatic carbocycles. The van der Waals surface area contributed by atoms with Crippen molar-refractivity contribution in [1.29, 1.82) is 0 Å². The first-order chi connectivity index (χ1) is 12.3. The molecule has 0 unspecified atom stereocenters. The van der Waals surface area contributed by atoms with Gasteiger partial charge >= 0.3 is 12.1 Å². The van der Waals surface area contributed by atoms with Crippen molar-refractivity contribution in [2.24, 2.45) is 0 Å². The van der Waals surface area contributed by atoms with E-state index < -0.39 is 12.1 Å². The number of aromatic nitrogens is 5. The monoisotopic (exact) mass is 386 g/mol. The van der Waals surface area contributed by atoms with Crippen molar-refractivity contribution < 1.29 is 22.5 Å². The van der Waals surface area contributed by atoms with Gasteiger partial charge < -0.3 is 9.42 Å². The van der Waals surface area contributed by atoms with E-state index in [-0.39, 0.29) is 17.6 Å². The third kappa shape index (κ3) is 3.74. The molecule has 0 aromatic carbocycles. The van der Waals surface area contributed by atoms with Gasteiger partial charge in [0.2, 0.25) is 11.6 Å². The van der Waals surface area contributed by atoms with Gasteiger partial charge in [0.1, 0.15) is 6.33 Å². The van der Waals surface area contributed by atoms with Crippen LogP contribution < -0.4 is 0 Å². The molecule has 3 heterocycles. The minimum atomic E-state index is -4.68. The molecule has 3 aromatic rings.